The standard InChI is InChI=1S/C15H19N3O2/c1-9(2)12-8-14(18-17-12)16-15(19)11-6-5-10(3)13(7-11)20-4/h5-9H,1-4H3,(H2,16,17,18,19). The van der Waals surface area contributed by atoms with Gasteiger partial charge < -0.3 is 10.1 Å². The van der Waals surface area contributed by atoms with E-state index >= 15 is 0 Å². The summed E-state index contributed by atoms with van der Waals surface area (Å²) in [6, 6.07) is 7.19. The Labute approximate surface area is 118 Å². The van der Waals surface area contributed by atoms with E-state index in [0.29, 0.717) is 23.0 Å². The molecule has 1 heterocycles. The van der Waals surface area contributed by atoms with Crippen molar-refractivity contribution >= 4 is 11.7 Å². The molecule has 0 aliphatic carbocycles. The van der Waals surface area contributed by atoms with Crippen LogP contribution in [0, 0.1) is 6.92 Å². The van der Waals surface area contributed by atoms with Crippen molar-refractivity contribution in [1.82, 2.24) is 10.2 Å². The van der Waals surface area contributed by atoms with Gasteiger partial charge in [0.2, 0.25) is 0 Å². The lowest BCUT2D eigenvalue weighted by molar-refractivity contribution is 0.102. The maximum absolute atomic E-state index is 12.2. The van der Waals surface area contributed by atoms with Gasteiger partial charge in [-0.25, -0.2) is 0 Å². The van der Waals surface area contributed by atoms with Crippen LogP contribution in [0.3, 0.4) is 0 Å². The number of aryl methyl sites for hydroxylation is 1. The molecule has 5 nitrogen and oxygen atoms in total. The summed E-state index contributed by atoms with van der Waals surface area (Å²) in [5.74, 6) is 1.36. The lowest BCUT2D eigenvalue weighted by Gasteiger charge is -2.07. The van der Waals surface area contributed by atoms with Crippen LogP contribution in [0.5, 0.6) is 5.75 Å². The highest BCUT2D eigenvalue weighted by molar-refractivity contribution is 6.04. The van der Waals surface area contributed by atoms with Crippen LogP contribution in [-0.2, 0) is 0 Å². The summed E-state index contributed by atoms with van der Waals surface area (Å²) in [4.78, 5) is 12.2. The van der Waals surface area contributed by atoms with E-state index in [0.717, 1.165) is 11.3 Å². The minimum Gasteiger partial charge on any atom is -0.496 e. The average molecular weight is 273 g/mol. The molecule has 2 aromatic rings. The second-order valence-electron chi connectivity index (χ2n) is 5.00. The molecule has 0 atom stereocenters. The number of methoxy groups -OCH3 is 1. The van der Waals surface area contributed by atoms with E-state index in [9.17, 15) is 4.79 Å². The van der Waals surface area contributed by atoms with Crippen molar-refractivity contribution in [1.29, 1.82) is 0 Å². The fourth-order valence-electron chi connectivity index (χ4n) is 1.85. The summed E-state index contributed by atoms with van der Waals surface area (Å²) >= 11 is 0. The molecule has 2 N–H and O–H groups in total. The first-order valence-corrected chi connectivity index (χ1v) is 6.52. The Morgan fingerprint density at radius 1 is 1.35 bits per heavy atom. The topological polar surface area (TPSA) is 67.0 Å². The Balaban J connectivity index is 2.15. The largest absolute Gasteiger partial charge is 0.496 e. The van der Waals surface area contributed by atoms with Crippen molar-refractivity contribution in [3.8, 4) is 5.75 Å². The third-order valence-corrected chi connectivity index (χ3v) is 3.13. The smallest absolute Gasteiger partial charge is 0.256 e. The maximum atomic E-state index is 12.2. The van der Waals surface area contributed by atoms with Crippen LogP contribution < -0.4 is 10.1 Å². The van der Waals surface area contributed by atoms with Crippen LogP contribution in [0.4, 0.5) is 5.82 Å². The van der Waals surface area contributed by atoms with Crippen LogP contribution in [0.25, 0.3) is 0 Å². The van der Waals surface area contributed by atoms with Crippen molar-refractivity contribution in [2.75, 3.05) is 12.4 Å². The minimum atomic E-state index is -0.204. The number of benzene rings is 1. The number of H-pyrrole nitrogens is 1. The molecular weight excluding hydrogens is 254 g/mol. The molecule has 0 aliphatic heterocycles. The number of anilines is 1. The van der Waals surface area contributed by atoms with Crippen LogP contribution in [0.15, 0.2) is 24.3 Å². The second kappa shape index (κ2) is 5.77. The van der Waals surface area contributed by atoms with E-state index < -0.39 is 0 Å². The van der Waals surface area contributed by atoms with Gasteiger partial charge in [0.05, 0.1) is 7.11 Å². The molecule has 1 aromatic heterocycles. The van der Waals surface area contributed by atoms with Crippen molar-refractivity contribution in [2.24, 2.45) is 0 Å². The molecule has 0 bridgehead atoms. The molecule has 1 amide bonds. The van der Waals surface area contributed by atoms with Gasteiger partial charge in [-0.3, -0.25) is 9.89 Å². The fourth-order valence-corrected chi connectivity index (χ4v) is 1.85. The molecule has 0 unspecified atom stereocenters. The predicted octanol–water partition coefficient (Wildman–Crippen LogP) is 3.10. The number of rotatable bonds is 4. The number of amides is 1. The maximum Gasteiger partial charge on any atom is 0.256 e. The molecule has 0 saturated heterocycles. The van der Waals surface area contributed by atoms with E-state index in [2.05, 4.69) is 29.4 Å². The zero-order valence-electron chi connectivity index (χ0n) is 12.2. The van der Waals surface area contributed by atoms with Gasteiger partial charge in [-0.05, 0) is 30.5 Å². The molecule has 5 heteroatoms. The molecule has 0 saturated carbocycles. The van der Waals surface area contributed by atoms with Gasteiger partial charge in [-0.1, -0.05) is 19.9 Å². The number of aromatic amines is 1. The van der Waals surface area contributed by atoms with Gasteiger partial charge in [0.15, 0.2) is 5.82 Å². The summed E-state index contributed by atoms with van der Waals surface area (Å²) in [6.45, 7) is 6.05. The number of hydrogen-bond donors (Lipinski definition) is 2. The minimum absolute atomic E-state index is 0.204. The highest BCUT2D eigenvalue weighted by atomic mass is 16.5. The average Bonchev–Trinajstić information content (AvgIpc) is 2.88. The quantitative estimate of drug-likeness (QED) is 0.899. The third-order valence-electron chi connectivity index (χ3n) is 3.13. The highest BCUT2D eigenvalue weighted by Gasteiger charge is 2.11. The van der Waals surface area contributed by atoms with E-state index in [1.54, 1.807) is 19.2 Å². The zero-order chi connectivity index (χ0) is 14.7. The number of nitrogens with zero attached hydrogens (tertiary/aromatic N) is 1. The Morgan fingerprint density at radius 3 is 2.70 bits per heavy atom. The van der Waals surface area contributed by atoms with E-state index in [1.807, 2.05) is 19.1 Å². The van der Waals surface area contributed by atoms with Crippen molar-refractivity contribution in [3.63, 3.8) is 0 Å². The van der Waals surface area contributed by atoms with Gasteiger partial charge >= 0.3 is 0 Å². The SMILES string of the molecule is COc1cc(C(=O)Nc2cc(C(C)C)[nH]n2)ccc1C. The van der Waals surface area contributed by atoms with Crippen molar-refractivity contribution in [3.05, 3.63) is 41.1 Å². The first kappa shape index (κ1) is 14.1. The van der Waals surface area contributed by atoms with Gasteiger partial charge in [-0.2, -0.15) is 5.10 Å². The van der Waals surface area contributed by atoms with Crippen molar-refractivity contribution < 1.29 is 9.53 Å². The lowest BCUT2D eigenvalue weighted by Crippen LogP contribution is -2.12. The van der Waals surface area contributed by atoms with E-state index in [-0.39, 0.29) is 5.91 Å². The number of ether oxygens (including phenoxy) is 1. The summed E-state index contributed by atoms with van der Waals surface area (Å²) in [5, 5.41) is 9.75. The second-order valence-corrected chi connectivity index (χ2v) is 5.00. The van der Waals surface area contributed by atoms with E-state index in [1.165, 1.54) is 0 Å². The van der Waals surface area contributed by atoms with E-state index in [4.69, 9.17) is 4.74 Å². The summed E-state index contributed by atoms with van der Waals surface area (Å²) in [5.41, 5.74) is 2.52. The number of carbonyl (C=O) groups is 1. The molecule has 106 valence electrons. The van der Waals surface area contributed by atoms with Crippen LogP contribution in [0.1, 0.15) is 41.4 Å². The Morgan fingerprint density at radius 2 is 2.10 bits per heavy atom. The van der Waals surface area contributed by atoms with Crippen molar-refractivity contribution in [2.45, 2.75) is 26.7 Å². The molecule has 0 aliphatic rings. The van der Waals surface area contributed by atoms with Crippen LogP contribution in [-0.4, -0.2) is 23.2 Å². The Kier molecular flexibility index (Phi) is 4.08. The monoisotopic (exact) mass is 273 g/mol. The van der Waals surface area contributed by atoms with Gasteiger partial charge in [0, 0.05) is 17.3 Å². The van der Waals surface area contributed by atoms with Gasteiger partial charge in [-0.15, -0.1) is 0 Å². The molecule has 0 radical (unpaired) electrons. The summed E-state index contributed by atoms with van der Waals surface area (Å²) in [6.07, 6.45) is 0. The van der Waals surface area contributed by atoms with Gasteiger partial charge in [0.1, 0.15) is 5.75 Å². The van der Waals surface area contributed by atoms with Crippen LogP contribution >= 0.6 is 0 Å². The number of nitrogens with one attached hydrogen (secondary N) is 2. The number of aromatic nitrogens is 2. The normalized spacial score (nSPS) is 10.7. The molecule has 20 heavy (non-hydrogen) atoms. The molecule has 1 aromatic carbocycles. The summed E-state index contributed by atoms with van der Waals surface area (Å²) < 4.78 is 5.22. The Hall–Kier alpha value is -2.30. The van der Waals surface area contributed by atoms with Gasteiger partial charge in [0.25, 0.3) is 5.91 Å². The molecule has 2 rings (SSSR count). The third kappa shape index (κ3) is 2.99. The summed E-state index contributed by atoms with van der Waals surface area (Å²) in [7, 11) is 1.59. The number of hydrogen-bond acceptors (Lipinski definition) is 3. The molecular formula is C15H19N3O2. The number of carbonyl (C=O) groups excluding carboxylic acids is 1. The van der Waals surface area contributed by atoms with Crippen LogP contribution in [0.2, 0.25) is 0 Å². The first-order valence-electron chi connectivity index (χ1n) is 6.52. The zero-order valence-corrected chi connectivity index (χ0v) is 12.2. The highest BCUT2D eigenvalue weighted by Crippen LogP contribution is 2.20. The predicted molar refractivity (Wildman–Crippen MR) is 78.4 cm³/mol. The lowest BCUT2D eigenvalue weighted by atomic mass is 10.1. The first-order chi connectivity index (χ1) is 9.51. The molecule has 0 fully saturated rings. The Bertz CT molecular complexity index is 617. The molecule has 0 spiro atoms. The fraction of sp³-hybridized carbons (Fsp3) is 0.333.